The summed E-state index contributed by atoms with van der Waals surface area (Å²) < 4.78 is 4.98. The lowest BCUT2D eigenvalue weighted by atomic mass is 10.3. The van der Waals surface area contributed by atoms with Gasteiger partial charge >= 0.3 is 0 Å². The number of ether oxygens (including phenoxy) is 1. The first kappa shape index (κ1) is 12.7. The SMILES string of the molecule is CCNc1nccc(NCCCCOC)n1. The average Bonchev–Trinajstić information content (AvgIpc) is 2.30. The second kappa shape index (κ2) is 7.87. The molecule has 0 aliphatic rings. The molecule has 5 heteroatoms. The van der Waals surface area contributed by atoms with E-state index in [4.69, 9.17) is 4.74 Å². The highest BCUT2D eigenvalue weighted by Crippen LogP contribution is 2.05. The highest BCUT2D eigenvalue weighted by Gasteiger charge is 1.96. The summed E-state index contributed by atoms with van der Waals surface area (Å²) in [6.45, 7) is 4.57. The molecule has 1 aromatic rings. The first-order chi connectivity index (χ1) is 7.86. The molecule has 0 aromatic carbocycles. The monoisotopic (exact) mass is 224 g/mol. The Morgan fingerprint density at radius 1 is 1.31 bits per heavy atom. The quantitative estimate of drug-likeness (QED) is 0.659. The lowest BCUT2D eigenvalue weighted by molar-refractivity contribution is 0.194. The summed E-state index contributed by atoms with van der Waals surface area (Å²) in [5, 5.41) is 6.33. The van der Waals surface area contributed by atoms with Crippen molar-refractivity contribution in [3.05, 3.63) is 12.3 Å². The van der Waals surface area contributed by atoms with Gasteiger partial charge in [0.15, 0.2) is 0 Å². The topological polar surface area (TPSA) is 59.1 Å². The van der Waals surface area contributed by atoms with Crippen LogP contribution < -0.4 is 10.6 Å². The summed E-state index contributed by atoms with van der Waals surface area (Å²) in [5.41, 5.74) is 0. The van der Waals surface area contributed by atoms with E-state index in [0.29, 0.717) is 5.95 Å². The summed E-state index contributed by atoms with van der Waals surface area (Å²) in [4.78, 5) is 8.42. The molecule has 0 unspecified atom stereocenters. The Labute approximate surface area is 96.6 Å². The zero-order chi connectivity index (χ0) is 11.6. The molecule has 0 radical (unpaired) electrons. The van der Waals surface area contributed by atoms with Crippen molar-refractivity contribution < 1.29 is 4.74 Å². The van der Waals surface area contributed by atoms with Crippen molar-refractivity contribution in [2.45, 2.75) is 19.8 Å². The van der Waals surface area contributed by atoms with Gasteiger partial charge in [-0.1, -0.05) is 0 Å². The van der Waals surface area contributed by atoms with Crippen LogP contribution in [0, 0.1) is 0 Å². The predicted molar refractivity (Wildman–Crippen MR) is 65.8 cm³/mol. The maximum atomic E-state index is 4.98. The normalized spacial score (nSPS) is 10.1. The first-order valence-corrected chi connectivity index (χ1v) is 5.66. The minimum atomic E-state index is 0.671. The fraction of sp³-hybridized carbons (Fsp3) is 0.636. The Bertz CT molecular complexity index is 293. The number of nitrogens with one attached hydrogen (secondary N) is 2. The molecule has 1 rings (SSSR count). The van der Waals surface area contributed by atoms with Crippen LogP contribution >= 0.6 is 0 Å². The third kappa shape index (κ3) is 4.93. The number of methoxy groups -OCH3 is 1. The zero-order valence-corrected chi connectivity index (χ0v) is 9.99. The Morgan fingerprint density at radius 2 is 2.19 bits per heavy atom. The van der Waals surface area contributed by atoms with Crippen molar-refractivity contribution in [2.75, 3.05) is 37.4 Å². The zero-order valence-electron chi connectivity index (χ0n) is 9.99. The van der Waals surface area contributed by atoms with Gasteiger partial charge in [-0.05, 0) is 25.8 Å². The fourth-order valence-corrected chi connectivity index (χ4v) is 1.29. The maximum absolute atomic E-state index is 4.98. The third-order valence-corrected chi connectivity index (χ3v) is 2.07. The summed E-state index contributed by atoms with van der Waals surface area (Å²) in [5.74, 6) is 1.53. The first-order valence-electron chi connectivity index (χ1n) is 5.66. The van der Waals surface area contributed by atoms with E-state index < -0.39 is 0 Å². The maximum Gasteiger partial charge on any atom is 0.224 e. The lowest BCUT2D eigenvalue weighted by Crippen LogP contribution is -2.07. The van der Waals surface area contributed by atoms with Crippen LogP contribution in [0.5, 0.6) is 0 Å². The van der Waals surface area contributed by atoms with Crippen molar-refractivity contribution in [1.29, 1.82) is 0 Å². The van der Waals surface area contributed by atoms with E-state index in [1.807, 2.05) is 13.0 Å². The number of anilines is 2. The molecule has 1 aromatic heterocycles. The van der Waals surface area contributed by atoms with E-state index in [2.05, 4.69) is 20.6 Å². The van der Waals surface area contributed by atoms with Crippen molar-refractivity contribution in [2.24, 2.45) is 0 Å². The Hall–Kier alpha value is -1.36. The van der Waals surface area contributed by atoms with Gasteiger partial charge < -0.3 is 15.4 Å². The average molecular weight is 224 g/mol. The second-order valence-electron chi connectivity index (χ2n) is 3.42. The largest absolute Gasteiger partial charge is 0.385 e. The van der Waals surface area contributed by atoms with Gasteiger partial charge in [0.05, 0.1) is 0 Å². The van der Waals surface area contributed by atoms with Crippen LogP contribution in [-0.2, 0) is 4.74 Å². The molecule has 2 N–H and O–H groups in total. The molecule has 16 heavy (non-hydrogen) atoms. The molecule has 0 spiro atoms. The molecule has 0 saturated heterocycles. The van der Waals surface area contributed by atoms with Gasteiger partial charge in [0, 0.05) is 33.0 Å². The molecule has 0 fully saturated rings. The van der Waals surface area contributed by atoms with Crippen LogP contribution in [0.2, 0.25) is 0 Å². The van der Waals surface area contributed by atoms with E-state index in [1.54, 1.807) is 13.3 Å². The molecule has 0 saturated carbocycles. The molecule has 0 amide bonds. The molecule has 1 heterocycles. The van der Waals surface area contributed by atoms with Gasteiger partial charge in [-0.25, -0.2) is 4.98 Å². The van der Waals surface area contributed by atoms with Crippen molar-refractivity contribution >= 4 is 11.8 Å². The van der Waals surface area contributed by atoms with Crippen LogP contribution in [0.4, 0.5) is 11.8 Å². The highest BCUT2D eigenvalue weighted by molar-refractivity contribution is 5.39. The van der Waals surface area contributed by atoms with Gasteiger partial charge in [-0.15, -0.1) is 0 Å². The van der Waals surface area contributed by atoms with Gasteiger partial charge in [-0.2, -0.15) is 4.98 Å². The second-order valence-corrected chi connectivity index (χ2v) is 3.42. The van der Waals surface area contributed by atoms with Crippen LogP contribution in [0.1, 0.15) is 19.8 Å². The summed E-state index contributed by atoms with van der Waals surface area (Å²) >= 11 is 0. The van der Waals surface area contributed by atoms with E-state index in [0.717, 1.165) is 38.4 Å². The van der Waals surface area contributed by atoms with Crippen LogP contribution in [-0.4, -0.2) is 36.8 Å². The molecule has 0 aliphatic heterocycles. The molecule has 0 atom stereocenters. The number of aromatic nitrogens is 2. The third-order valence-electron chi connectivity index (χ3n) is 2.07. The van der Waals surface area contributed by atoms with Gasteiger partial charge in [0.1, 0.15) is 5.82 Å². The molecule has 90 valence electrons. The number of unbranched alkanes of at least 4 members (excludes halogenated alkanes) is 1. The van der Waals surface area contributed by atoms with E-state index >= 15 is 0 Å². The van der Waals surface area contributed by atoms with Crippen molar-refractivity contribution in [3.8, 4) is 0 Å². The predicted octanol–water partition coefficient (Wildman–Crippen LogP) is 1.75. The van der Waals surface area contributed by atoms with Crippen molar-refractivity contribution in [3.63, 3.8) is 0 Å². The van der Waals surface area contributed by atoms with Crippen LogP contribution in [0.15, 0.2) is 12.3 Å². The van der Waals surface area contributed by atoms with Gasteiger partial charge in [0.2, 0.25) is 5.95 Å². The number of rotatable bonds is 8. The van der Waals surface area contributed by atoms with Gasteiger partial charge in [-0.3, -0.25) is 0 Å². The van der Waals surface area contributed by atoms with E-state index in [9.17, 15) is 0 Å². The summed E-state index contributed by atoms with van der Waals surface area (Å²) in [7, 11) is 1.72. The Kier molecular flexibility index (Phi) is 6.25. The molecular formula is C11H20N4O. The summed E-state index contributed by atoms with van der Waals surface area (Å²) in [6.07, 6.45) is 3.89. The van der Waals surface area contributed by atoms with Crippen LogP contribution in [0.25, 0.3) is 0 Å². The van der Waals surface area contributed by atoms with Gasteiger partial charge in [0.25, 0.3) is 0 Å². The number of hydrogen-bond donors (Lipinski definition) is 2. The molecule has 0 bridgehead atoms. The van der Waals surface area contributed by atoms with Crippen LogP contribution in [0.3, 0.4) is 0 Å². The Morgan fingerprint density at radius 3 is 2.94 bits per heavy atom. The minimum Gasteiger partial charge on any atom is -0.385 e. The standard InChI is InChI=1S/C11H20N4O/c1-3-12-11-14-8-6-10(15-11)13-7-4-5-9-16-2/h6,8H,3-5,7,9H2,1-2H3,(H2,12,13,14,15). The van der Waals surface area contributed by atoms with E-state index in [1.165, 1.54) is 0 Å². The minimum absolute atomic E-state index is 0.671. The van der Waals surface area contributed by atoms with Crippen molar-refractivity contribution in [1.82, 2.24) is 9.97 Å². The molecule has 0 aliphatic carbocycles. The number of nitrogens with zero attached hydrogens (tertiary/aromatic N) is 2. The van der Waals surface area contributed by atoms with E-state index in [-0.39, 0.29) is 0 Å². The number of hydrogen-bond acceptors (Lipinski definition) is 5. The fourth-order valence-electron chi connectivity index (χ4n) is 1.29. The molecular weight excluding hydrogens is 204 g/mol. The summed E-state index contributed by atoms with van der Waals surface area (Å²) in [6, 6.07) is 1.87. The Balaban J connectivity index is 2.27. The highest BCUT2D eigenvalue weighted by atomic mass is 16.5. The molecule has 5 nitrogen and oxygen atoms in total. The smallest absolute Gasteiger partial charge is 0.224 e. The lowest BCUT2D eigenvalue weighted by Gasteiger charge is -2.06.